The predicted octanol–water partition coefficient (Wildman–Crippen LogP) is 5.14. The fourth-order valence-corrected chi connectivity index (χ4v) is 3.55. The van der Waals surface area contributed by atoms with Crippen molar-refractivity contribution in [3.05, 3.63) is 93.5 Å². The van der Waals surface area contributed by atoms with E-state index in [1.54, 1.807) is 36.4 Å². The number of para-hydroxylation sites is 3. The van der Waals surface area contributed by atoms with Crippen LogP contribution in [0.25, 0.3) is 0 Å². The van der Waals surface area contributed by atoms with Crippen molar-refractivity contribution in [2.45, 2.75) is 32.5 Å². The lowest BCUT2D eigenvalue weighted by Gasteiger charge is -2.18. The molecule has 1 heterocycles. The molecule has 158 valence electrons. The van der Waals surface area contributed by atoms with Crippen LogP contribution in [0.1, 0.15) is 35.3 Å². The van der Waals surface area contributed by atoms with Gasteiger partial charge in [-0.3, -0.25) is 14.9 Å². The van der Waals surface area contributed by atoms with Gasteiger partial charge in [-0.25, -0.2) is 0 Å². The van der Waals surface area contributed by atoms with Crippen molar-refractivity contribution in [1.82, 2.24) is 0 Å². The summed E-state index contributed by atoms with van der Waals surface area (Å²) in [6.07, 6.45) is 0.836. The Morgan fingerprint density at radius 1 is 1.10 bits per heavy atom. The lowest BCUT2D eigenvalue weighted by atomic mass is 10.0. The molecule has 0 saturated carbocycles. The molecule has 3 aromatic carbocycles. The van der Waals surface area contributed by atoms with Gasteiger partial charge < -0.3 is 14.8 Å². The molecule has 0 spiro atoms. The Morgan fingerprint density at radius 3 is 2.58 bits per heavy atom. The summed E-state index contributed by atoms with van der Waals surface area (Å²) in [6.45, 7) is 4.42. The molecule has 0 unspecified atom stereocenters. The van der Waals surface area contributed by atoms with Crippen LogP contribution in [0.2, 0.25) is 0 Å². The van der Waals surface area contributed by atoms with Crippen LogP contribution in [-0.4, -0.2) is 16.4 Å². The minimum Gasteiger partial charge on any atom is -0.485 e. The van der Waals surface area contributed by atoms with Crippen LogP contribution in [0.4, 0.5) is 11.4 Å². The lowest BCUT2D eigenvalue weighted by Crippen LogP contribution is -2.24. The fraction of sp³-hybridized carbons (Fsp3) is 0.208. The average Bonchev–Trinajstić information content (AvgIpc) is 3.07. The number of rotatable bonds is 6. The quantitative estimate of drug-likeness (QED) is 0.442. The Kier molecular flexibility index (Phi) is 5.33. The smallest absolute Gasteiger partial charge is 0.292 e. The largest absolute Gasteiger partial charge is 0.485 e. The Morgan fingerprint density at radius 2 is 1.84 bits per heavy atom. The van der Waals surface area contributed by atoms with Crippen molar-refractivity contribution in [1.29, 1.82) is 0 Å². The van der Waals surface area contributed by atoms with Gasteiger partial charge in [-0.05, 0) is 43.7 Å². The van der Waals surface area contributed by atoms with Gasteiger partial charge in [-0.15, -0.1) is 0 Å². The maximum absolute atomic E-state index is 12.5. The second kappa shape index (κ2) is 8.10. The van der Waals surface area contributed by atoms with E-state index < -0.39 is 10.8 Å². The number of nitrogens with zero attached hydrogens (tertiary/aromatic N) is 1. The van der Waals surface area contributed by atoms with E-state index in [4.69, 9.17) is 9.47 Å². The fourth-order valence-electron chi connectivity index (χ4n) is 3.55. The second-order valence-electron chi connectivity index (χ2n) is 8.00. The van der Waals surface area contributed by atoms with Gasteiger partial charge in [-0.2, -0.15) is 0 Å². The van der Waals surface area contributed by atoms with Crippen molar-refractivity contribution in [3.8, 4) is 11.5 Å². The molecule has 1 aliphatic rings. The molecule has 1 amide bonds. The Balaban J connectivity index is 1.41. The number of nitro benzene ring substituents is 1. The third-order valence-corrected chi connectivity index (χ3v) is 5.01. The summed E-state index contributed by atoms with van der Waals surface area (Å²) < 4.78 is 12.0. The van der Waals surface area contributed by atoms with Gasteiger partial charge in [0.25, 0.3) is 11.6 Å². The summed E-state index contributed by atoms with van der Waals surface area (Å²) in [5, 5.41) is 13.7. The van der Waals surface area contributed by atoms with Crippen molar-refractivity contribution < 1.29 is 19.2 Å². The Hall–Kier alpha value is -3.87. The SMILES string of the molecule is CC1(C)Cc2cccc(OCc3ccc(C(=O)Nc4ccccc4[N+](=O)[O-])cc3)c2O1. The number of nitro groups is 1. The summed E-state index contributed by atoms with van der Waals surface area (Å²) in [7, 11) is 0. The van der Waals surface area contributed by atoms with Crippen LogP contribution >= 0.6 is 0 Å². The molecular formula is C24H22N2O5. The summed E-state index contributed by atoms with van der Waals surface area (Å²) in [6, 6.07) is 18.8. The number of carbonyl (C=O) groups excluding carboxylic acids is 1. The molecule has 1 aliphatic heterocycles. The molecule has 0 saturated heterocycles. The molecule has 0 atom stereocenters. The van der Waals surface area contributed by atoms with Crippen molar-refractivity contribution >= 4 is 17.3 Å². The van der Waals surface area contributed by atoms with E-state index in [0.29, 0.717) is 17.9 Å². The number of benzene rings is 3. The monoisotopic (exact) mass is 418 g/mol. The summed E-state index contributed by atoms with van der Waals surface area (Å²) in [5.41, 5.74) is 2.17. The van der Waals surface area contributed by atoms with Gasteiger partial charge in [-0.1, -0.05) is 36.4 Å². The van der Waals surface area contributed by atoms with Gasteiger partial charge in [0.1, 0.15) is 17.9 Å². The molecule has 7 heteroatoms. The second-order valence-corrected chi connectivity index (χ2v) is 8.00. The number of ether oxygens (including phenoxy) is 2. The number of hydrogen-bond donors (Lipinski definition) is 1. The molecule has 0 fully saturated rings. The maximum Gasteiger partial charge on any atom is 0.292 e. The van der Waals surface area contributed by atoms with Crippen LogP contribution in [0.15, 0.2) is 66.7 Å². The molecule has 0 bridgehead atoms. The minimum absolute atomic E-state index is 0.151. The highest BCUT2D eigenvalue weighted by Crippen LogP contribution is 2.42. The zero-order valence-electron chi connectivity index (χ0n) is 17.3. The first-order valence-electron chi connectivity index (χ1n) is 9.90. The number of fused-ring (bicyclic) bond motifs is 1. The van der Waals surface area contributed by atoms with Crippen LogP contribution in [0.5, 0.6) is 11.5 Å². The van der Waals surface area contributed by atoms with E-state index in [0.717, 1.165) is 23.3 Å². The summed E-state index contributed by atoms with van der Waals surface area (Å²) >= 11 is 0. The van der Waals surface area contributed by atoms with E-state index in [2.05, 4.69) is 5.32 Å². The lowest BCUT2D eigenvalue weighted by molar-refractivity contribution is -0.383. The summed E-state index contributed by atoms with van der Waals surface area (Å²) in [5.74, 6) is 1.06. The van der Waals surface area contributed by atoms with E-state index >= 15 is 0 Å². The standard InChI is InChI=1S/C24H22N2O5/c1-24(2)14-18-6-5-9-21(22(18)31-24)30-15-16-10-12-17(13-11-16)23(27)25-19-7-3-4-8-20(19)26(28)29/h3-13H,14-15H2,1-2H3,(H,25,27). The number of nitrogens with one attached hydrogen (secondary N) is 1. The molecule has 0 radical (unpaired) electrons. The van der Waals surface area contributed by atoms with Gasteiger partial charge >= 0.3 is 0 Å². The average molecular weight is 418 g/mol. The molecule has 1 N–H and O–H groups in total. The number of amides is 1. The first kappa shape index (κ1) is 20.4. The Bertz CT molecular complexity index is 1140. The van der Waals surface area contributed by atoms with E-state index in [1.165, 1.54) is 12.1 Å². The van der Waals surface area contributed by atoms with E-state index in [9.17, 15) is 14.9 Å². The highest BCUT2D eigenvalue weighted by Gasteiger charge is 2.32. The molecule has 31 heavy (non-hydrogen) atoms. The minimum atomic E-state index is -0.527. The third-order valence-electron chi connectivity index (χ3n) is 5.01. The van der Waals surface area contributed by atoms with Gasteiger partial charge in [0.05, 0.1) is 4.92 Å². The third kappa shape index (κ3) is 4.50. The highest BCUT2D eigenvalue weighted by molar-refractivity contribution is 6.05. The topological polar surface area (TPSA) is 90.7 Å². The zero-order valence-corrected chi connectivity index (χ0v) is 17.3. The summed E-state index contributed by atoms with van der Waals surface area (Å²) in [4.78, 5) is 23.1. The first-order chi connectivity index (χ1) is 14.8. The number of hydrogen-bond acceptors (Lipinski definition) is 5. The van der Waals surface area contributed by atoms with Gasteiger partial charge in [0.15, 0.2) is 11.5 Å². The van der Waals surface area contributed by atoms with Gasteiger partial charge in [0.2, 0.25) is 0 Å². The predicted molar refractivity (Wildman–Crippen MR) is 117 cm³/mol. The first-order valence-corrected chi connectivity index (χ1v) is 9.90. The molecule has 0 aromatic heterocycles. The molecular weight excluding hydrogens is 396 g/mol. The maximum atomic E-state index is 12.5. The normalized spacial score (nSPS) is 13.7. The van der Waals surface area contributed by atoms with Crippen LogP contribution < -0.4 is 14.8 Å². The van der Waals surface area contributed by atoms with E-state index in [-0.39, 0.29) is 17.0 Å². The van der Waals surface area contributed by atoms with Crippen LogP contribution in [0.3, 0.4) is 0 Å². The van der Waals surface area contributed by atoms with Crippen molar-refractivity contribution in [2.75, 3.05) is 5.32 Å². The van der Waals surface area contributed by atoms with Crippen molar-refractivity contribution in [3.63, 3.8) is 0 Å². The zero-order chi connectivity index (χ0) is 22.0. The molecule has 3 aromatic rings. The van der Waals surface area contributed by atoms with Crippen molar-refractivity contribution in [2.24, 2.45) is 0 Å². The molecule has 4 rings (SSSR count). The Labute approximate surface area is 179 Å². The van der Waals surface area contributed by atoms with Gasteiger partial charge in [0, 0.05) is 23.6 Å². The number of carbonyl (C=O) groups is 1. The number of anilines is 1. The van der Waals surface area contributed by atoms with E-state index in [1.807, 2.05) is 32.0 Å². The van der Waals surface area contributed by atoms with Crippen LogP contribution in [-0.2, 0) is 13.0 Å². The molecule has 0 aliphatic carbocycles. The molecule has 7 nitrogen and oxygen atoms in total. The van der Waals surface area contributed by atoms with Crippen LogP contribution in [0, 0.1) is 10.1 Å². The highest BCUT2D eigenvalue weighted by atomic mass is 16.6.